The molecule has 0 saturated carbocycles. The molecule has 124 valence electrons. The van der Waals surface area contributed by atoms with Gasteiger partial charge in [0.1, 0.15) is 10.7 Å². The predicted molar refractivity (Wildman–Crippen MR) is 82.6 cm³/mol. The van der Waals surface area contributed by atoms with Gasteiger partial charge >= 0.3 is 0 Å². The molecule has 1 atom stereocenters. The van der Waals surface area contributed by atoms with Crippen LogP contribution < -0.4 is 4.72 Å². The number of hydrogen-bond donors (Lipinski definition) is 1. The van der Waals surface area contributed by atoms with E-state index in [9.17, 15) is 12.8 Å². The van der Waals surface area contributed by atoms with Crippen LogP contribution in [0.2, 0.25) is 0 Å². The lowest BCUT2D eigenvalue weighted by Gasteiger charge is -2.36. The van der Waals surface area contributed by atoms with Crippen LogP contribution >= 0.6 is 0 Å². The van der Waals surface area contributed by atoms with Gasteiger partial charge in [0, 0.05) is 25.7 Å². The normalized spacial score (nSPS) is 18.5. The molecule has 1 aliphatic heterocycles. The fraction of sp³-hybridized carbons (Fsp3) is 0.600. The maximum Gasteiger partial charge on any atom is 0.243 e. The molecule has 22 heavy (non-hydrogen) atoms. The molecule has 1 aromatic rings. The minimum atomic E-state index is -3.84. The van der Waals surface area contributed by atoms with Crippen molar-refractivity contribution in [2.75, 3.05) is 32.8 Å². The highest BCUT2D eigenvalue weighted by Gasteiger charge is 2.26. The highest BCUT2D eigenvalue weighted by Crippen LogP contribution is 2.16. The Hall–Kier alpha value is -1.02. The van der Waals surface area contributed by atoms with Crippen LogP contribution in [0.15, 0.2) is 29.2 Å². The van der Waals surface area contributed by atoms with Crippen molar-refractivity contribution in [2.24, 2.45) is 5.92 Å². The maximum absolute atomic E-state index is 13.7. The number of rotatable bonds is 6. The van der Waals surface area contributed by atoms with Crippen LogP contribution in [0.5, 0.6) is 0 Å². The Balaban J connectivity index is 2.07. The van der Waals surface area contributed by atoms with Crippen molar-refractivity contribution in [3.05, 3.63) is 30.1 Å². The number of benzene rings is 1. The lowest BCUT2D eigenvalue weighted by molar-refractivity contribution is 0.00776. The van der Waals surface area contributed by atoms with Gasteiger partial charge in [-0.15, -0.1) is 0 Å². The van der Waals surface area contributed by atoms with E-state index in [1.807, 2.05) is 0 Å². The first-order valence-electron chi connectivity index (χ1n) is 7.48. The Kier molecular flexibility index (Phi) is 5.91. The second-order valence-electron chi connectivity index (χ2n) is 5.74. The first-order chi connectivity index (χ1) is 10.4. The topological polar surface area (TPSA) is 58.6 Å². The third-order valence-corrected chi connectivity index (χ3v) is 5.35. The van der Waals surface area contributed by atoms with Crippen LogP contribution in [0, 0.1) is 11.7 Å². The SMILES string of the molecule is CC(C)[C@H](CNS(=O)(=O)c1ccccc1F)N1CCOCC1. The fourth-order valence-electron chi connectivity index (χ4n) is 2.63. The standard InChI is InChI=1S/C15H23FN2O3S/c1-12(2)14(18-7-9-21-10-8-18)11-17-22(19,20)15-6-4-3-5-13(15)16/h3-6,12,14,17H,7-11H2,1-2H3/t14-/m0/s1. The van der Waals surface area contributed by atoms with Crippen LogP contribution in [0.4, 0.5) is 4.39 Å². The molecular formula is C15H23FN2O3S. The summed E-state index contributed by atoms with van der Waals surface area (Å²) in [5.74, 6) is -0.455. The summed E-state index contributed by atoms with van der Waals surface area (Å²) in [5, 5.41) is 0. The van der Waals surface area contributed by atoms with E-state index in [1.54, 1.807) is 0 Å². The number of nitrogens with one attached hydrogen (secondary N) is 1. The van der Waals surface area contributed by atoms with E-state index >= 15 is 0 Å². The van der Waals surface area contributed by atoms with E-state index in [4.69, 9.17) is 4.74 Å². The third-order valence-electron chi connectivity index (χ3n) is 3.89. The van der Waals surface area contributed by atoms with Crippen molar-refractivity contribution < 1.29 is 17.5 Å². The number of ether oxygens (including phenoxy) is 1. The zero-order chi connectivity index (χ0) is 16.2. The summed E-state index contributed by atoms with van der Waals surface area (Å²) in [6.07, 6.45) is 0. The van der Waals surface area contributed by atoms with Crippen LogP contribution in [0.25, 0.3) is 0 Å². The summed E-state index contributed by atoms with van der Waals surface area (Å²) in [4.78, 5) is 1.91. The zero-order valence-electron chi connectivity index (χ0n) is 13.0. The molecule has 0 radical (unpaired) electrons. The second kappa shape index (κ2) is 7.50. The molecule has 1 heterocycles. The van der Waals surface area contributed by atoms with E-state index in [0.717, 1.165) is 19.2 Å². The zero-order valence-corrected chi connectivity index (χ0v) is 13.8. The van der Waals surface area contributed by atoms with E-state index in [2.05, 4.69) is 23.5 Å². The van der Waals surface area contributed by atoms with Crippen LogP contribution in [0.3, 0.4) is 0 Å². The van der Waals surface area contributed by atoms with Gasteiger partial charge < -0.3 is 4.74 Å². The molecule has 2 rings (SSSR count). The molecule has 0 aromatic heterocycles. The smallest absolute Gasteiger partial charge is 0.243 e. The number of nitrogens with zero attached hydrogens (tertiary/aromatic N) is 1. The second-order valence-corrected chi connectivity index (χ2v) is 7.48. The maximum atomic E-state index is 13.7. The molecule has 7 heteroatoms. The first kappa shape index (κ1) is 17.3. The Morgan fingerprint density at radius 3 is 2.50 bits per heavy atom. The first-order valence-corrected chi connectivity index (χ1v) is 8.96. The van der Waals surface area contributed by atoms with Gasteiger partial charge in [0.05, 0.1) is 13.2 Å². The van der Waals surface area contributed by atoms with Crippen molar-refractivity contribution >= 4 is 10.0 Å². The average molecular weight is 330 g/mol. The monoisotopic (exact) mass is 330 g/mol. The summed E-state index contributed by atoms with van der Waals surface area (Å²) in [6.45, 7) is 7.24. The third kappa shape index (κ3) is 4.25. The largest absolute Gasteiger partial charge is 0.379 e. The van der Waals surface area contributed by atoms with Gasteiger partial charge in [0.2, 0.25) is 10.0 Å². The minimum Gasteiger partial charge on any atom is -0.379 e. The van der Waals surface area contributed by atoms with Crippen molar-refractivity contribution in [1.29, 1.82) is 0 Å². The molecule has 1 fully saturated rings. The van der Waals surface area contributed by atoms with E-state index in [0.29, 0.717) is 13.2 Å². The molecule has 0 aliphatic carbocycles. The van der Waals surface area contributed by atoms with E-state index in [1.165, 1.54) is 18.2 Å². The van der Waals surface area contributed by atoms with Crippen LogP contribution in [-0.4, -0.2) is 52.2 Å². The van der Waals surface area contributed by atoms with Gasteiger partial charge in [-0.1, -0.05) is 26.0 Å². The highest BCUT2D eigenvalue weighted by molar-refractivity contribution is 7.89. The minimum absolute atomic E-state index is 0.0606. The van der Waals surface area contributed by atoms with E-state index < -0.39 is 15.8 Å². The number of hydrogen-bond acceptors (Lipinski definition) is 4. The summed E-state index contributed by atoms with van der Waals surface area (Å²) >= 11 is 0. The lowest BCUT2D eigenvalue weighted by atomic mass is 10.0. The lowest BCUT2D eigenvalue weighted by Crippen LogP contribution is -2.51. The molecule has 0 spiro atoms. The number of halogens is 1. The van der Waals surface area contributed by atoms with Crippen molar-refractivity contribution in [3.8, 4) is 0 Å². The molecule has 0 amide bonds. The van der Waals surface area contributed by atoms with Gasteiger partial charge in [-0.2, -0.15) is 0 Å². The molecule has 0 unspecified atom stereocenters. The van der Waals surface area contributed by atoms with Gasteiger partial charge in [0.15, 0.2) is 0 Å². The predicted octanol–water partition coefficient (Wildman–Crippen LogP) is 1.46. The van der Waals surface area contributed by atoms with Gasteiger partial charge in [-0.05, 0) is 18.1 Å². The molecule has 5 nitrogen and oxygen atoms in total. The van der Waals surface area contributed by atoms with Crippen molar-refractivity contribution in [2.45, 2.75) is 24.8 Å². The quantitative estimate of drug-likeness (QED) is 0.858. The summed E-state index contributed by atoms with van der Waals surface area (Å²) in [5.41, 5.74) is 0. The van der Waals surface area contributed by atoms with Gasteiger partial charge in [0.25, 0.3) is 0 Å². The molecule has 1 saturated heterocycles. The molecular weight excluding hydrogens is 307 g/mol. The molecule has 1 N–H and O–H groups in total. The number of sulfonamides is 1. The Morgan fingerprint density at radius 1 is 1.27 bits per heavy atom. The Bertz CT molecular complexity index is 586. The highest BCUT2D eigenvalue weighted by atomic mass is 32.2. The van der Waals surface area contributed by atoms with Crippen LogP contribution in [-0.2, 0) is 14.8 Å². The summed E-state index contributed by atoms with van der Waals surface area (Å²) in [6, 6.07) is 5.47. The molecule has 1 aliphatic rings. The summed E-state index contributed by atoms with van der Waals surface area (Å²) < 4.78 is 46.1. The Labute approximate surface area is 131 Å². The summed E-state index contributed by atoms with van der Waals surface area (Å²) in [7, 11) is -3.84. The Morgan fingerprint density at radius 2 is 1.91 bits per heavy atom. The molecule has 1 aromatic carbocycles. The van der Waals surface area contributed by atoms with Gasteiger partial charge in [-0.25, -0.2) is 17.5 Å². The van der Waals surface area contributed by atoms with Crippen LogP contribution in [0.1, 0.15) is 13.8 Å². The van der Waals surface area contributed by atoms with E-state index in [-0.39, 0.29) is 23.4 Å². The number of morpholine rings is 1. The van der Waals surface area contributed by atoms with Gasteiger partial charge in [-0.3, -0.25) is 4.90 Å². The van der Waals surface area contributed by atoms with Crippen molar-refractivity contribution in [1.82, 2.24) is 9.62 Å². The molecule has 0 bridgehead atoms. The fourth-order valence-corrected chi connectivity index (χ4v) is 3.76. The van der Waals surface area contributed by atoms with Crippen molar-refractivity contribution in [3.63, 3.8) is 0 Å². The average Bonchev–Trinajstić information content (AvgIpc) is 2.48.